The Bertz CT molecular complexity index is 542. The van der Waals surface area contributed by atoms with Crippen LogP contribution in [-0.4, -0.2) is 20.7 Å². The van der Waals surface area contributed by atoms with Crippen molar-refractivity contribution in [2.45, 2.75) is 31.2 Å². The topological polar surface area (TPSA) is 46.2 Å². The molecular formula is C13H18FNO2S. The van der Waals surface area contributed by atoms with Crippen molar-refractivity contribution >= 4 is 9.84 Å². The third-order valence-electron chi connectivity index (χ3n) is 3.31. The first-order chi connectivity index (χ1) is 8.45. The molecule has 2 unspecified atom stereocenters. The van der Waals surface area contributed by atoms with Gasteiger partial charge in [0.2, 0.25) is 0 Å². The van der Waals surface area contributed by atoms with Crippen LogP contribution >= 0.6 is 0 Å². The predicted octanol–water partition coefficient (Wildman–Crippen LogP) is 2.29. The van der Waals surface area contributed by atoms with Gasteiger partial charge >= 0.3 is 0 Å². The van der Waals surface area contributed by atoms with Crippen molar-refractivity contribution in [1.82, 2.24) is 5.32 Å². The Balaban J connectivity index is 2.48. The van der Waals surface area contributed by atoms with Crippen LogP contribution in [0.4, 0.5) is 4.39 Å². The van der Waals surface area contributed by atoms with Crippen LogP contribution in [0.25, 0.3) is 0 Å². The van der Waals surface area contributed by atoms with Crippen LogP contribution in [0, 0.1) is 11.7 Å². The molecule has 0 amide bonds. The summed E-state index contributed by atoms with van der Waals surface area (Å²) >= 11 is 0. The van der Waals surface area contributed by atoms with Crippen LogP contribution in [0.1, 0.15) is 31.9 Å². The molecule has 18 heavy (non-hydrogen) atoms. The molecule has 0 aromatic heterocycles. The third kappa shape index (κ3) is 2.42. The summed E-state index contributed by atoms with van der Waals surface area (Å²) < 4.78 is 37.4. The maximum atomic E-state index is 13.2. The molecule has 0 bridgehead atoms. The summed E-state index contributed by atoms with van der Waals surface area (Å²) in [4.78, 5) is 0.147. The molecule has 1 aliphatic heterocycles. The number of fused-ring (bicyclic) bond motifs is 1. The Labute approximate surface area is 107 Å². The first-order valence-electron chi connectivity index (χ1n) is 6.21. The van der Waals surface area contributed by atoms with Crippen LogP contribution < -0.4 is 5.32 Å². The minimum atomic E-state index is -3.35. The molecule has 0 saturated heterocycles. The van der Waals surface area contributed by atoms with Gasteiger partial charge in [-0.05, 0) is 36.6 Å². The van der Waals surface area contributed by atoms with E-state index in [1.54, 1.807) is 6.07 Å². The average Bonchev–Trinajstić information content (AvgIpc) is 2.29. The van der Waals surface area contributed by atoms with Crippen LogP contribution in [0.5, 0.6) is 0 Å². The maximum Gasteiger partial charge on any atom is 0.179 e. The molecule has 0 aliphatic carbocycles. The molecule has 1 aromatic carbocycles. The molecule has 100 valence electrons. The first-order valence-corrected chi connectivity index (χ1v) is 7.86. The monoisotopic (exact) mass is 271 g/mol. The molecule has 1 aliphatic rings. The van der Waals surface area contributed by atoms with E-state index in [1.165, 1.54) is 6.07 Å². The van der Waals surface area contributed by atoms with Gasteiger partial charge in [0.25, 0.3) is 0 Å². The lowest BCUT2D eigenvalue weighted by atomic mass is 9.95. The van der Waals surface area contributed by atoms with E-state index >= 15 is 0 Å². The smallest absolute Gasteiger partial charge is 0.179 e. The summed E-state index contributed by atoms with van der Waals surface area (Å²) in [5, 5.41) is 3.35. The molecule has 5 heteroatoms. The van der Waals surface area contributed by atoms with Gasteiger partial charge in [0.05, 0.1) is 10.6 Å². The number of rotatable bonds is 3. The van der Waals surface area contributed by atoms with Gasteiger partial charge in [-0.3, -0.25) is 0 Å². The zero-order valence-corrected chi connectivity index (χ0v) is 11.4. The highest BCUT2D eigenvalue weighted by atomic mass is 32.2. The molecule has 0 fully saturated rings. The molecule has 1 aromatic rings. The zero-order valence-electron chi connectivity index (χ0n) is 10.6. The van der Waals surface area contributed by atoms with Crippen LogP contribution in [0.3, 0.4) is 0 Å². The summed E-state index contributed by atoms with van der Waals surface area (Å²) in [6.45, 7) is 4.80. The minimum absolute atomic E-state index is 0.000453. The highest BCUT2D eigenvalue weighted by Crippen LogP contribution is 2.36. The van der Waals surface area contributed by atoms with E-state index in [2.05, 4.69) is 12.2 Å². The maximum absolute atomic E-state index is 13.2. The van der Waals surface area contributed by atoms with Gasteiger partial charge in [0.15, 0.2) is 9.84 Å². The third-order valence-corrected chi connectivity index (χ3v) is 5.30. The van der Waals surface area contributed by atoms with Crippen molar-refractivity contribution < 1.29 is 12.8 Å². The second-order valence-corrected chi connectivity index (χ2v) is 6.88. The summed E-state index contributed by atoms with van der Waals surface area (Å²) in [5.74, 6) is -0.425. The molecule has 1 N–H and O–H groups in total. The van der Waals surface area contributed by atoms with Gasteiger partial charge in [-0.2, -0.15) is 0 Å². The SMILES string of the molecule is CCCNC1c2ccc(F)cc2S(=O)(=O)CC1C. The number of hydrogen-bond donors (Lipinski definition) is 1. The zero-order chi connectivity index (χ0) is 13.3. The highest BCUT2D eigenvalue weighted by molar-refractivity contribution is 7.91. The fourth-order valence-corrected chi connectivity index (χ4v) is 4.39. The van der Waals surface area contributed by atoms with Crippen molar-refractivity contribution in [3.63, 3.8) is 0 Å². The van der Waals surface area contributed by atoms with Gasteiger partial charge < -0.3 is 5.32 Å². The van der Waals surface area contributed by atoms with Crippen molar-refractivity contribution in [2.75, 3.05) is 12.3 Å². The van der Waals surface area contributed by atoms with E-state index in [4.69, 9.17) is 0 Å². The number of halogens is 1. The Morgan fingerprint density at radius 3 is 2.83 bits per heavy atom. The Hall–Kier alpha value is -0.940. The van der Waals surface area contributed by atoms with Gasteiger partial charge in [-0.25, -0.2) is 12.8 Å². The predicted molar refractivity (Wildman–Crippen MR) is 68.7 cm³/mol. The fraction of sp³-hybridized carbons (Fsp3) is 0.538. The largest absolute Gasteiger partial charge is 0.310 e. The number of benzene rings is 1. The van der Waals surface area contributed by atoms with E-state index in [0.29, 0.717) is 5.56 Å². The molecular weight excluding hydrogens is 253 g/mol. The molecule has 2 atom stereocenters. The standard InChI is InChI=1S/C13H18FNO2S/c1-3-6-15-13-9(2)8-18(16,17)12-7-10(14)4-5-11(12)13/h4-5,7,9,13,15H,3,6,8H2,1-2H3. The Morgan fingerprint density at radius 2 is 2.17 bits per heavy atom. The molecule has 3 nitrogen and oxygen atoms in total. The van der Waals surface area contributed by atoms with Gasteiger partial charge in [0, 0.05) is 6.04 Å². The highest BCUT2D eigenvalue weighted by Gasteiger charge is 2.35. The molecule has 2 rings (SSSR count). The van der Waals surface area contributed by atoms with Crippen molar-refractivity contribution in [3.8, 4) is 0 Å². The van der Waals surface area contributed by atoms with Crippen LogP contribution in [0.15, 0.2) is 23.1 Å². The summed E-state index contributed by atoms with van der Waals surface area (Å²) in [5.41, 5.74) is 0.698. The normalized spacial score (nSPS) is 25.7. The van der Waals surface area contributed by atoms with Crippen LogP contribution in [0.2, 0.25) is 0 Å². The van der Waals surface area contributed by atoms with Gasteiger partial charge in [-0.15, -0.1) is 0 Å². The lowest BCUT2D eigenvalue weighted by molar-refractivity contribution is 0.394. The summed E-state index contributed by atoms with van der Waals surface area (Å²) in [6, 6.07) is 4.04. The van der Waals surface area contributed by atoms with E-state index in [9.17, 15) is 12.8 Å². The second-order valence-electron chi connectivity index (χ2n) is 4.87. The fourth-order valence-electron chi connectivity index (χ4n) is 2.48. The quantitative estimate of drug-likeness (QED) is 0.917. The first kappa shape index (κ1) is 13.5. The second kappa shape index (κ2) is 4.97. The van der Waals surface area contributed by atoms with Crippen molar-refractivity contribution in [3.05, 3.63) is 29.6 Å². The average molecular weight is 271 g/mol. The molecule has 0 radical (unpaired) electrons. The van der Waals surface area contributed by atoms with E-state index < -0.39 is 15.7 Å². The summed E-state index contributed by atoms with van der Waals surface area (Å²) in [6.07, 6.45) is 0.979. The van der Waals surface area contributed by atoms with Crippen LogP contribution in [-0.2, 0) is 9.84 Å². The number of nitrogens with one attached hydrogen (secondary N) is 1. The molecule has 1 heterocycles. The molecule has 0 spiro atoms. The summed E-state index contributed by atoms with van der Waals surface area (Å²) in [7, 11) is -3.35. The Morgan fingerprint density at radius 1 is 1.44 bits per heavy atom. The lowest BCUT2D eigenvalue weighted by Gasteiger charge is -2.31. The van der Waals surface area contributed by atoms with Gasteiger partial charge in [-0.1, -0.05) is 19.9 Å². The minimum Gasteiger partial charge on any atom is -0.310 e. The molecule has 0 saturated carbocycles. The van der Waals surface area contributed by atoms with E-state index in [1.807, 2.05) is 6.92 Å². The van der Waals surface area contributed by atoms with Crippen molar-refractivity contribution in [1.29, 1.82) is 0 Å². The van der Waals surface area contributed by atoms with E-state index in [-0.39, 0.29) is 22.6 Å². The number of sulfone groups is 1. The lowest BCUT2D eigenvalue weighted by Crippen LogP contribution is -2.36. The number of hydrogen-bond acceptors (Lipinski definition) is 3. The Kier molecular flexibility index (Phi) is 3.73. The van der Waals surface area contributed by atoms with Crippen molar-refractivity contribution in [2.24, 2.45) is 5.92 Å². The van der Waals surface area contributed by atoms with E-state index in [0.717, 1.165) is 19.0 Å². The van der Waals surface area contributed by atoms with Gasteiger partial charge in [0.1, 0.15) is 5.82 Å².